The van der Waals surface area contributed by atoms with Gasteiger partial charge in [-0.15, -0.1) is 0 Å². The van der Waals surface area contributed by atoms with E-state index in [4.69, 9.17) is 0 Å². The zero-order chi connectivity index (χ0) is 20.8. The minimum atomic E-state index is -3.86. The van der Waals surface area contributed by atoms with Crippen LogP contribution in [0.1, 0.15) is 16.7 Å². The average Bonchev–Trinajstić information content (AvgIpc) is 3.03. The Bertz CT molecular complexity index is 1310. The summed E-state index contributed by atoms with van der Waals surface area (Å²) in [6.07, 6.45) is 0. The van der Waals surface area contributed by atoms with Crippen molar-refractivity contribution in [3.63, 3.8) is 0 Å². The zero-order valence-corrected chi connectivity index (χ0v) is 18.7. The summed E-state index contributed by atoms with van der Waals surface area (Å²) in [6.45, 7) is 5.88. The highest BCUT2D eigenvalue weighted by Crippen LogP contribution is 2.31. The van der Waals surface area contributed by atoms with Gasteiger partial charge in [0, 0.05) is 10.2 Å². The highest BCUT2D eigenvalue weighted by molar-refractivity contribution is 9.10. The molecule has 29 heavy (non-hydrogen) atoms. The lowest BCUT2D eigenvalue weighted by Crippen LogP contribution is -2.16. The summed E-state index contributed by atoms with van der Waals surface area (Å²) in [5.74, 6) is 0.260. The van der Waals surface area contributed by atoms with Crippen molar-refractivity contribution >= 4 is 48.6 Å². The second-order valence-corrected chi connectivity index (χ2v) is 9.75. The third kappa shape index (κ3) is 3.56. The second kappa shape index (κ2) is 7.31. The molecule has 0 bridgehead atoms. The summed E-state index contributed by atoms with van der Waals surface area (Å²) in [6, 6.07) is 18.2. The van der Waals surface area contributed by atoms with E-state index in [0.717, 1.165) is 26.9 Å². The summed E-state index contributed by atoms with van der Waals surface area (Å²) in [4.78, 5) is 4.81. The Morgan fingerprint density at radius 1 is 0.931 bits per heavy atom. The van der Waals surface area contributed by atoms with Crippen LogP contribution in [0.3, 0.4) is 0 Å². The number of hydrogen-bond donors (Lipinski definition) is 1. The fourth-order valence-corrected chi connectivity index (χ4v) is 5.05. The van der Waals surface area contributed by atoms with E-state index in [0.29, 0.717) is 11.0 Å². The average molecular weight is 470 g/mol. The third-order valence-corrected chi connectivity index (χ3v) is 7.06. The first-order valence-corrected chi connectivity index (χ1v) is 11.3. The van der Waals surface area contributed by atoms with Crippen molar-refractivity contribution in [1.82, 2.24) is 8.96 Å². The lowest BCUT2D eigenvalue weighted by molar-refractivity contribution is 0.589. The van der Waals surface area contributed by atoms with Crippen LogP contribution in [0.2, 0.25) is 0 Å². The van der Waals surface area contributed by atoms with Crippen LogP contribution in [0.5, 0.6) is 0 Å². The molecular formula is C22H20BrN3O2S. The summed E-state index contributed by atoms with van der Waals surface area (Å²) in [7, 11) is -3.86. The van der Waals surface area contributed by atoms with Crippen LogP contribution in [0, 0.1) is 20.8 Å². The lowest BCUT2D eigenvalue weighted by Gasteiger charge is -2.15. The molecule has 0 aliphatic rings. The standard InChI is InChI=1S/C22H20BrN3O2S/c1-14-7-10-18(11-8-14)29(27,28)26-20-13-17(23)9-12-19(20)24-22(26)25-21-15(2)5-4-6-16(21)3/h4-13H,1-3H3,(H,24,25). The molecule has 0 saturated carbocycles. The van der Waals surface area contributed by atoms with Crippen molar-refractivity contribution in [3.05, 3.63) is 81.8 Å². The number of halogens is 1. The van der Waals surface area contributed by atoms with Gasteiger partial charge in [-0.3, -0.25) is 0 Å². The number of aryl methyl sites for hydroxylation is 3. The molecule has 1 N–H and O–H groups in total. The monoisotopic (exact) mass is 469 g/mol. The predicted molar refractivity (Wildman–Crippen MR) is 120 cm³/mol. The van der Waals surface area contributed by atoms with Crippen LogP contribution in [-0.2, 0) is 10.0 Å². The maximum absolute atomic E-state index is 13.6. The Morgan fingerprint density at radius 3 is 2.24 bits per heavy atom. The minimum Gasteiger partial charge on any atom is -0.324 e. The van der Waals surface area contributed by atoms with E-state index in [9.17, 15) is 8.42 Å². The van der Waals surface area contributed by atoms with E-state index < -0.39 is 10.0 Å². The van der Waals surface area contributed by atoms with Gasteiger partial charge in [0.2, 0.25) is 5.95 Å². The lowest BCUT2D eigenvalue weighted by atomic mass is 10.1. The van der Waals surface area contributed by atoms with Crippen molar-refractivity contribution in [3.8, 4) is 0 Å². The zero-order valence-electron chi connectivity index (χ0n) is 16.3. The van der Waals surface area contributed by atoms with Crippen LogP contribution in [0.25, 0.3) is 11.0 Å². The molecule has 0 saturated heterocycles. The van der Waals surface area contributed by atoms with Crippen molar-refractivity contribution < 1.29 is 8.42 Å². The maximum Gasteiger partial charge on any atom is 0.271 e. The number of anilines is 2. The van der Waals surface area contributed by atoms with Gasteiger partial charge in [0.15, 0.2) is 0 Å². The molecule has 0 spiro atoms. The van der Waals surface area contributed by atoms with E-state index in [-0.39, 0.29) is 10.8 Å². The topological polar surface area (TPSA) is 64.0 Å². The Morgan fingerprint density at radius 2 is 1.59 bits per heavy atom. The molecule has 0 fully saturated rings. The van der Waals surface area contributed by atoms with Crippen LogP contribution in [0.4, 0.5) is 11.6 Å². The molecule has 4 aromatic rings. The molecule has 0 atom stereocenters. The molecule has 0 amide bonds. The summed E-state index contributed by atoms with van der Waals surface area (Å²) < 4.78 is 29.2. The van der Waals surface area contributed by atoms with Crippen molar-refractivity contribution in [2.24, 2.45) is 0 Å². The molecule has 5 nitrogen and oxygen atoms in total. The largest absolute Gasteiger partial charge is 0.324 e. The van der Waals surface area contributed by atoms with Gasteiger partial charge in [0.25, 0.3) is 10.0 Å². The third-order valence-electron chi connectivity index (χ3n) is 4.85. The van der Waals surface area contributed by atoms with E-state index in [1.54, 1.807) is 36.4 Å². The second-order valence-electron chi connectivity index (χ2n) is 7.04. The summed E-state index contributed by atoms with van der Waals surface area (Å²) in [5.41, 5.74) is 4.97. The first-order chi connectivity index (χ1) is 13.8. The molecule has 3 aromatic carbocycles. The number of benzene rings is 3. The van der Waals surface area contributed by atoms with Gasteiger partial charge >= 0.3 is 0 Å². The number of nitrogens with one attached hydrogen (secondary N) is 1. The number of rotatable bonds is 4. The Hall–Kier alpha value is -2.64. The number of imidazole rings is 1. The Kier molecular flexibility index (Phi) is 4.96. The van der Waals surface area contributed by atoms with Crippen LogP contribution >= 0.6 is 15.9 Å². The van der Waals surface area contributed by atoms with Crippen LogP contribution < -0.4 is 5.32 Å². The van der Waals surface area contributed by atoms with Gasteiger partial charge in [-0.05, 0) is 62.2 Å². The highest BCUT2D eigenvalue weighted by atomic mass is 79.9. The molecule has 148 valence electrons. The Balaban J connectivity index is 1.97. The first-order valence-electron chi connectivity index (χ1n) is 9.11. The fourth-order valence-electron chi connectivity index (χ4n) is 3.29. The van der Waals surface area contributed by atoms with Gasteiger partial charge in [-0.25, -0.2) is 17.4 Å². The number of nitrogens with zero attached hydrogens (tertiary/aromatic N) is 2. The van der Waals surface area contributed by atoms with Gasteiger partial charge in [-0.2, -0.15) is 0 Å². The number of para-hydroxylation sites is 1. The van der Waals surface area contributed by atoms with Crippen LogP contribution in [0.15, 0.2) is 70.0 Å². The molecule has 1 heterocycles. The summed E-state index contributed by atoms with van der Waals surface area (Å²) in [5, 5.41) is 3.26. The summed E-state index contributed by atoms with van der Waals surface area (Å²) >= 11 is 3.44. The van der Waals surface area contributed by atoms with E-state index in [1.807, 2.05) is 45.0 Å². The molecular weight excluding hydrogens is 450 g/mol. The molecule has 0 aliphatic heterocycles. The molecule has 0 aliphatic carbocycles. The number of fused-ring (bicyclic) bond motifs is 1. The predicted octanol–water partition coefficient (Wildman–Crippen LogP) is 5.70. The van der Waals surface area contributed by atoms with Crippen LogP contribution in [-0.4, -0.2) is 17.4 Å². The van der Waals surface area contributed by atoms with Gasteiger partial charge in [0.1, 0.15) is 0 Å². The minimum absolute atomic E-state index is 0.215. The van der Waals surface area contributed by atoms with E-state index in [2.05, 4.69) is 26.2 Å². The quantitative estimate of drug-likeness (QED) is 0.415. The first kappa shape index (κ1) is 19.7. The maximum atomic E-state index is 13.6. The van der Waals surface area contributed by atoms with E-state index in [1.165, 1.54) is 3.97 Å². The van der Waals surface area contributed by atoms with Gasteiger partial charge in [0.05, 0.1) is 15.9 Å². The van der Waals surface area contributed by atoms with Gasteiger partial charge in [-0.1, -0.05) is 51.8 Å². The van der Waals surface area contributed by atoms with Crippen molar-refractivity contribution in [2.45, 2.75) is 25.7 Å². The number of hydrogen-bond acceptors (Lipinski definition) is 4. The SMILES string of the molecule is Cc1ccc(S(=O)(=O)n2c(Nc3c(C)cccc3C)nc3ccc(Br)cc32)cc1. The molecule has 4 rings (SSSR count). The Labute approximate surface area is 178 Å². The van der Waals surface area contributed by atoms with E-state index >= 15 is 0 Å². The molecule has 0 radical (unpaired) electrons. The highest BCUT2D eigenvalue weighted by Gasteiger charge is 2.25. The molecule has 1 aromatic heterocycles. The van der Waals surface area contributed by atoms with Crippen molar-refractivity contribution in [1.29, 1.82) is 0 Å². The number of aromatic nitrogens is 2. The molecule has 7 heteroatoms. The van der Waals surface area contributed by atoms with Gasteiger partial charge < -0.3 is 5.32 Å². The smallest absolute Gasteiger partial charge is 0.271 e. The molecule has 0 unspecified atom stereocenters. The fraction of sp³-hybridized carbons (Fsp3) is 0.136. The van der Waals surface area contributed by atoms with Crippen molar-refractivity contribution in [2.75, 3.05) is 5.32 Å². The normalized spacial score (nSPS) is 11.7.